The van der Waals surface area contributed by atoms with Gasteiger partial charge in [0.25, 0.3) is 0 Å². The van der Waals surface area contributed by atoms with Crippen LogP contribution in [0.15, 0.2) is 41.8 Å². The van der Waals surface area contributed by atoms with Crippen LogP contribution in [-0.2, 0) is 19.3 Å². The van der Waals surface area contributed by atoms with Crippen molar-refractivity contribution in [1.82, 2.24) is 0 Å². The number of hydrogen-bond donors (Lipinski definition) is 0. The largest absolute Gasteiger partial charge is 0.323 e. The number of benzene rings is 1. The van der Waals surface area contributed by atoms with Crippen molar-refractivity contribution in [3.05, 3.63) is 42.5 Å². The smallest absolute Gasteiger partial charge is 0.216 e. The van der Waals surface area contributed by atoms with Crippen LogP contribution < -0.4 is 0 Å². The van der Waals surface area contributed by atoms with Crippen molar-refractivity contribution in [3.63, 3.8) is 0 Å². The van der Waals surface area contributed by atoms with Gasteiger partial charge in [-0.15, -0.1) is 10.9 Å². The number of aryl methyl sites for hydroxylation is 1. The van der Waals surface area contributed by atoms with Crippen LogP contribution in [0, 0.1) is 6.92 Å². The molecule has 1 unspecified atom stereocenters. The minimum Gasteiger partial charge on any atom is -0.216 e. The van der Waals surface area contributed by atoms with Crippen LogP contribution in [-0.4, -0.2) is 14.5 Å². The lowest BCUT2D eigenvalue weighted by molar-refractivity contribution is -0.234. The highest BCUT2D eigenvalue weighted by Crippen LogP contribution is 2.14. The maximum atomic E-state index is 11.7. The van der Waals surface area contributed by atoms with Crippen LogP contribution in [0.5, 0.6) is 0 Å². The summed E-state index contributed by atoms with van der Waals surface area (Å²) in [4.78, 5) is 4.85. The predicted molar refractivity (Wildman–Crippen MR) is 64.8 cm³/mol. The Morgan fingerprint density at radius 2 is 1.94 bits per heavy atom. The van der Waals surface area contributed by atoms with Crippen molar-refractivity contribution in [2.24, 2.45) is 0 Å². The van der Waals surface area contributed by atoms with Gasteiger partial charge in [-0.3, -0.25) is 0 Å². The molecule has 1 atom stereocenters. The van der Waals surface area contributed by atoms with Crippen molar-refractivity contribution >= 4 is 10.1 Å². The Morgan fingerprint density at radius 3 is 2.47 bits per heavy atom. The van der Waals surface area contributed by atoms with Gasteiger partial charge in [-0.25, -0.2) is 4.89 Å². The van der Waals surface area contributed by atoms with Crippen LogP contribution in [0.1, 0.15) is 18.9 Å². The lowest BCUT2D eigenvalue weighted by atomic mass is 10.2. The molecule has 0 aliphatic heterocycles. The fourth-order valence-electron chi connectivity index (χ4n) is 1.14. The molecule has 0 fully saturated rings. The second-order valence-corrected chi connectivity index (χ2v) is 5.28. The molecule has 94 valence electrons. The van der Waals surface area contributed by atoms with E-state index in [4.69, 9.17) is 4.89 Å². The van der Waals surface area contributed by atoms with Crippen molar-refractivity contribution < 1.29 is 17.6 Å². The van der Waals surface area contributed by atoms with Crippen LogP contribution in [0.25, 0.3) is 0 Å². The van der Waals surface area contributed by atoms with E-state index >= 15 is 0 Å². The summed E-state index contributed by atoms with van der Waals surface area (Å²) in [6.45, 7) is 7.10. The Bertz CT molecular complexity index is 462. The normalized spacial score (nSPS) is 13.3. The molecule has 1 rings (SSSR count). The van der Waals surface area contributed by atoms with E-state index in [1.54, 1.807) is 25.1 Å². The minimum atomic E-state index is -3.85. The molecule has 0 saturated carbocycles. The Hall–Kier alpha value is -1.17. The van der Waals surface area contributed by atoms with Gasteiger partial charge < -0.3 is 0 Å². The quantitative estimate of drug-likeness (QED) is 0.446. The molecule has 0 heterocycles. The van der Waals surface area contributed by atoms with E-state index in [-0.39, 0.29) is 11.0 Å². The van der Waals surface area contributed by atoms with Crippen molar-refractivity contribution in [2.45, 2.75) is 31.3 Å². The summed E-state index contributed by atoms with van der Waals surface area (Å²) >= 11 is 0. The Balaban J connectivity index is 2.69. The van der Waals surface area contributed by atoms with E-state index in [1.807, 2.05) is 6.92 Å². The van der Waals surface area contributed by atoms with Gasteiger partial charge >= 0.3 is 10.1 Å². The molecule has 17 heavy (non-hydrogen) atoms. The van der Waals surface area contributed by atoms with E-state index in [9.17, 15) is 8.42 Å². The van der Waals surface area contributed by atoms with Crippen molar-refractivity contribution in [2.75, 3.05) is 0 Å². The molecule has 0 aliphatic rings. The van der Waals surface area contributed by atoms with Crippen LogP contribution in [0.4, 0.5) is 0 Å². The van der Waals surface area contributed by atoms with E-state index < -0.39 is 10.1 Å². The van der Waals surface area contributed by atoms with Gasteiger partial charge in [-0.05, 0) is 32.4 Å². The maximum absolute atomic E-state index is 11.7. The zero-order valence-electron chi connectivity index (χ0n) is 9.92. The average molecular weight is 256 g/mol. The highest BCUT2D eigenvalue weighted by molar-refractivity contribution is 7.86. The predicted octanol–water partition coefficient (Wildman–Crippen LogP) is 2.60. The Morgan fingerprint density at radius 1 is 1.35 bits per heavy atom. The monoisotopic (exact) mass is 256 g/mol. The molecule has 1 aromatic carbocycles. The van der Waals surface area contributed by atoms with Gasteiger partial charge in [0.1, 0.15) is 0 Å². The fourth-order valence-corrected chi connectivity index (χ4v) is 1.92. The first-order chi connectivity index (χ1) is 7.95. The van der Waals surface area contributed by atoms with E-state index in [0.29, 0.717) is 6.42 Å². The van der Waals surface area contributed by atoms with Crippen molar-refractivity contribution in [1.29, 1.82) is 0 Å². The standard InChI is InChI=1S/C12H16O4S/c1-4-5-11(3)15-16-17(13,14)12-8-6-10(2)7-9-12/h4,6-9,11H,1,5H2,2-3H3. The highest BCUT2D eigenvalue weighted by Gasteiger charge is 2.17. The van der Waals surface area contributed by atoms with E-state index in [1.165, 1.54) is 12.1 Å². The molecule has 0 spiro atoms. The van der Waals surface area contributed by atoms with Gasteiger partial charge in [0, 0.05) is 0 Å². The third-order valence-electron chi connectivity index (χ3n) is 2.10. The summed E-state index contributed by atoms with van der Waals surface area (Å²) < 4.78 is 27.9. The molecule has 0 N–H and O–H groups in total. The minimum absolute atomic E-state index is 0.0777. The first-order valence-corrected chi connectivity index (χ1v) is 6.64. The second kappa shape index (κ2) is 5.95. The summed E-state index contributed by atoms with van der Waals surface area (Å²) in [5.74, 6) is 0. The highest BCUT2D eigenvalue weighted by atomic mass is 32.2. The molecular weight excluding hydrogens is 240 g/mol. The molecule has 1 aromatic rings. The molecule has 0 amide bonds. The first-order valence-electron chi connectivity index (χ1n) is 5.23. The van der Waals surface area contributed by atoms with Gasteiger partial charge in [-0.1, -0.05) is 23.8 Å². The fraction of sp³-hybridized carbons (Fsp3) is 0.333. The molecule has 0 saturated heterocycles. The summed E-state index contributed by atoms with van der Waals surface area (Å²) in [6.07, 6.45) is 1.79. The maximum Gasteiger partial charge on any atom is 0.323 e. The number of hydrogen-bond acceptors (Lipinski definition) is 4. The molecule has 0 radical (unpaired) electrons. The van der Waals surface area contributed by atoms with Crippen LogP contribution in [0.3, 0.4) is 0 Å². The first kappa shape index (κ1) is 13.9. The summed E-state index contributed by atoms with van der Waals surface area (Å²) in [7, 11) is -3.85. The molecule has 0 aliphatic carbocycles. The second-order valence-electron chi connectivity index (χ2n) is 3.77. The average Bonchev–Trinajstić information content (AvgIpc) is 2.28. The van der Waals surface area contributed by atoms with Gasteiger partial charge in [0.05, 0.1) is 11.0 Å². The summed E-state index contributed by atoms with van der Waals surface area (Å²) in [5.41, 5.74) is 0.977. The summed E-state index contributed by atoms with van der Waals surface area (Å²) in [5, 5.41) is 0. The van der Waals surface area contributed by atoms with Crippen LogP contribution in [0.2, 0.25) is 0 Å². The van der Waals surface area contributed by atoms with Crippen LogP contribution >= 0.6 is 0 Å². The molecule has 5 heteroatoms. The van der Waals surface area contributed by atoms with Gasteiger partial charge in [0.2, 0.25) is 0 Å². The molecular formula is C12H16O4S. The third kappa shape index (κ3) is 4.30. The summed E-state index contributed by atoms with van der Waals surface area (Å²) in [6, 6.07) is 6.35. The van der Waals surface area contributed by atoms with E-state index in [0.717, 1.165) is 5.56 Å². The lowest BCUT2D eigenvalue weighted by Crippen LogP contribution is -2.13. The topological polar surface area (TPSA) is 52.6 Å². The molecule has 4 nitrogen and oxygen atoms in total. The zero-order chi connectivity index (χ0) is 12.9. The van der Waals surface area contributed by atoms with Crippen molar-refractivity contribution in [3.8, 4) is 0 Å². The third-order valence-corrected chi connectivity index (χ3v) is 3.21. The zero-order valence-corrected chi connectivity index (χ0v) is 10.7. The van der Waals surface area contributed by atoms with Gasteiger partial charge in [-0.2, -0.15) is 8.42 Å². The Labute approximate surface area is 102 Å². The Kier molecular flexibility index (Phi) is 4.86. The molecule has 0 bridgehead atoms. The lowest BCUT2D eigenvalue weighted by Gasteiger charge is -2.09. The van der Waals surface area contributed by atoms with E-state index in [2.05, 4.69) is 10.9 Å². The number of rotatable bonds is 6. The SMILES string of the molecule is C=CCC(C)OOS(=O)(=O)c1ccc(C)cc1. The van der Waals surface area contributed by atoms with Gasteiger partial charge in [0.15, 0.2) is 0 Å². The molecule has 0 aromatic heterocycles.